The van der Waals surface area contributed by atoms with E-state index in [1.165, 1.54) is 0 Å². The van der Waals surface area contributed by atoms with Crippen LogP contribution in [0.1, 0.15) is 71.8 Å². The Kier molecular flexibility index (Phi) is 7.08. The van der Waals surface area contributed by atoms with Crippen molar-refractivity contribution in [3.63, 3.8) is 0 Å². The van der Waals surface area contributed by atoms with Gasteiger partial charge in [0.1, 0.15) is 23.9 Å². The fourth-order valence-electron chi connectivity index (χ4n) is 7.83. The average Bonchev–Trinajstić information content (AvgIpc) is 3.59. The van der Waals surface area contributed by atoms with Crippen LogP contribution in [0, 0.1) is 0 Å². The fraction of sp³-hybridized carbons (Fsp3) is 0.793. The van der Waals surface area contributed by atoms with Crippen molar-refractivity contribution in [2.24, 2.45) is 0 Å². The molecule has 5 aliphatic rings. The summed E-state index contributed by atoms with van der Waals surface area (Å²) in [6.45, 7) is 8.71. The first-order valence-corrected chi connectivity index (χ1v) is 16.1. The molecule has 11 nitrogen and oxygen atoms in total. The van der Waals surface area contributed by atoms with Crippen LogP contribution in [0.4, 0.5) is 15.0 Å². The second kappa shape index (κ2) is 10.4. The number of nitrogens with zero attached hydrogens (tertiary/aromatic N) is 7. The monoisotopic (exact) mass is 649 g/mol. The number of alkyl halides is 1. The van der Waals surface area contributed by atoms with Crippen molar-refractivity contribution in [2.75, 3.05) is 44.8 Å². The smallest absolute Gasteiger partial charge is 0.410 e. The van der Waals surface area contributed by atoms with Crippen LogP contribution < -0.4 is 9.64 Å². The first-order valence-electron chi connectivity index (χ1n) is 15.3. The third kappa shape index (κ3) is 4.92. The Morgan fingerprint density at radius 3 is 2.52 bits per heavy atom. The summed E-state index contributed by atoms with van der Waals surface area (Å²) in [5.74, 6) is 0.769. The molecule has 0 radical (unpaired) electrons. The lowest BCUT2D eigenvalue weighted by Gasteiger charge is -2.42. The zero-order valence-corrected chi connectivity index (χ0v) is 26.5. The minimum Gasteiger partial charge on any atom is -0.461 e. The summed E-state index contributed by atoms with van der Waals surface area (Å²) >= 11 is 3.70. The molecule has 4 aliphatic heterocycles. The number of aromatic nitrogens is 4. The number of halogens is 2. The predicted octanol–water partition coefficient (Wildman–Crippen LogP) is 4.48. The van der Waals surface area contributed by atoms with Gasteiger partial charge < -0.3 is 23.7 Å². The van der Waals surface area contributed by atoms with E-state index in [1.807, 2.05) is 25.7 Å². The third-order valence-electron chi connectivity index (χ3n) is 9.85. The molecule has 2 unspecified atom stereocenters. The quantitative estimate of drug-likeness (QED) is 0.420. The SMILES string of the molecule is COC1CC(n2c(Br)nc3nc(OC[C@@]45CCCN4C[C@H](F)C5)nc(N4CC5CCC(C4)N5C(=O)OC(C)(C)C)c32)C1. The zero-order valence-electron chi connectivity index (χ0n) is 24.9. The summed E-state index contributed by atoms with van der Waals surface area (Å²) in [6.07, 6.45) is 5.21. The van der Waals surface area contributed by atoms with Crippen LogP contribution >= 0.6 is 15.9 Å². The highest BCUT2D eigenvalue weighted by atomic mass is 79.9. The van der Waals surface area contributed by atoms with Crippen molar-refractivity contribution in [2.45, 2.75) is 107 Å². The number of methoxy groups -OCH3 is 1. The van der Waals surface area contributed by atoms with Gasteiger partial charge in [0.25, 0.3) is 0 Å². The van der Waals surface area contributed by atoms with Gasteiger partial charge in [0.2, 0.25) is 0 Å². The Bertz CT molecular complexity index is 1350. The molecule has 42 heavy (non-hydrogen) atoms. The van der Waals surface area contributed by atoms with Crippen LogP contribution in [0.15, 0.2) is 4.73 Å². The fourth-order valence-corrected chi connectivity index (χ4v) is 8.47. The number of rotatable bonds is 6. The number of amides is 1. The van der Waals surface area contributed by atoms with Gasteiger partial charge in [-0.1, -0.05) is 0 Å². The van der Waals surface area contributed by atoms with E-state index in [9.17, 15) is 9.18 Å². The number of hydrogen-bond acceptors (Lipinski definition) is 9. The van der Waals surface area contributed by atoms with Crippen LogP contribution in [0.5, 0.6) is 6.01 Å². The molecule has 4 atom stereocenters. The van der Waals surface area contributed by atoms with Crippen molar-refractivity contribution >= 4 is 39.0 Å². The number of carbonyl (C=O) groups is 1. The van der Waals surface area contributed by atoms with Crippen molar-refractivity contribution in [1.29, 1.82) is 0 Å². The number of imidazole rings is 1. The topological polar surface area (TPSA) is 98.1 Å². The van der Waals surface area contributed by atoms with Gasteiger partial charge in [0.15, 0.2) is 16.2 Å². The molecule has 7 rings (SSSR count). The average molecular weight is 651 g/mol. The van der Waals surface area contributed by atoms with E-state index in [2.05, 4.69) is 30.3 Å². The van der Waals surface area contributed by atoms with E-state index >= 15 is 0 Å². The first-order chi connectivity index (χ1) is 20.0. The summed E-state index contributed by atoms with van der Waals surface area (Å²) in [6, 6.07) is 0.540. The van der Waals surface area contributed by atoms with Gasteiger partial charge in [-0.15, -0.1) is 0 Å². The standard InChI is InChI=1S/C29H41BrFN7O4/c1-28(2,3)42-27(39)37-18-6-7-19(37)15-35(14-18)24-22-23(32-25(30)38(22)20-10-21(11-20)40-4)33-26(34-24)41-16-29-8-5-9-36(29)13-17(31)12-29/h17-21H,5-16H2,1-4H3/t17-,18?,19?,20?,21?,29+/m1/s1. The molecule has 1 aliphatic carbocycles. The van der Waals surface area contributed by atoms with Gasteiger partial charge in [-0.05, 0) is 81.8 Å². The molecule has 4 saturated heterocycles. The molecule has 13 heteroatoms. The normalized spacial score (nSPS) is 32.9. The van der Waals surface area contributed by atoms with Crippen molar-refractivity contribution in [1.82, 2.24) is 29.3 Å². The molecule has 0 N–H and O–H groups in total. The van der Waals surface area contributed by atoms with E-state index in [0.717, 1.165) is 56.4 Å². The predicted molar refractivity (Wildman–Crippen MR) is 158 cm³/mol. The maximum absolute atomic E-state index is 14.4. The minimum absolute atomic E-state index is 0.0280. The van der Waals surface area contributed by atoms with Crippen LogP contribution in [-0.4, -0.2) is 111 Å². The van der Waals surface area contributed by atoms with Gasteiger partial charge in [0.05, 0.1) is 23.7 Å². The molecule has 0 spiro atoms. The molecule has 2 aromatic rings. The van der Waals surface area contributed by atoms with Gasteiger partial charge >= 0.3 is 12.1 Å². The highest BCUT2D eigenvalue weighted by Crippen LogP contribution is 2.44. The molecule has 230 valence electrons. The van der Waals surface area contributed by atoms with E-state index < -0.39 is 11.8 Å². The molecule has 2 bridgehead atoms. The second-order valence-electron chi connectivity index (χ2n) is 13.8. The highest BCUT2D eigenvalue weighted by Gasteiger charge is 2.50. The molecular weight excluding hydrogens is 609 g/mol. The lowest BCUT2D eigenvalue weighted by Crippen LogP contribution is -2.57. The van der Waals surface area contributed by atoms with Gasteiger partial charge in [-0.2, -0.15) is 9.97 Å². The third-order valence-corrected chi connectivity index (χ3v) is 10.4. The lowest BCUT2D eigenvalue weighted by molar-refractivity contribution is 0.00671. The maximum Gasteiger partial charge on any atom is 0.410 e. The Morgan fingerprint density at radius 2 is 1.83 bits per heavy atom. The van der Waals surface area contributed by atoms with Crippen LogP contribution in [0.2, 0.25) is 0 Å². The number of ether oxygens (including phenoxy) is 3. The first kappa shape index (κ1) is 28.5. The van der Waals surface area contributed by atoms with Crippen LogP contribution in [0.25, 0.3) is 11.2 Å². The number of anilines is 1. The van der Waals surface area contributed by atoms with Crippen LogP contribution in [-0.2, 0) is 9.47 Å². The number of carbonyl (C=O) groups excluding carboxylic acids is 1. The molecule has 6 heterocycles. The van der Waals surface area contributed by atoms with Gasteiger partial charge in [-0.25, -0.2) is 14.2 Å². The Labute approximate surface area is 254 Å². The van der Waals surface area contributed by atoms with Crippen LogP contribution in [0.3, 0.4) is 0 Å². The van der Waals surface area contributed by atoms with E-state index in [-0.39, 0.29) is 41.9 Å². The Morgan fingerprint density at radius 1 is 1.10 bits per heavy atom. The number of hydrogen-bond donors (Lipinski definition) is 0. The summed E-state index contributed by atoms with van der Waals surface area (Å²) in [5.41, 5.74) is 0.595. The molecule has 5 fully saturated rings. The molecule has 1 saturated carbocycles. The van der Waals surface area contributed by atoms with E-state index in [0.29, 0.717) is 43.0 Å². The second-order valence-corrected chi connectivity index (χ2v) is 14.5. The zero-order chi connectivity index (χ0) is 29.4. The maximum atomic E-state index is 14.4. The number of fused-ring (bicyclic) bond motifs is 4. The summed E-state index contributed by atoms with van der Waals surface area (Å²) in [7, 11) is 1.75. The molecular formula is C29H41BrFN7O4. The summed E-state index contributed by atoms with van der Waals surface area (Å²) < 4.78 is 35.0. The largest absolute Gasteiger partial charge is 0.461 e. The van der Waals surface area contributed by atoms with E-state index in [4.69, 9.17) is 29.2 Å². The van der Waals surface area contributed by atoms with Gasteiger partial charge in [0, 0.05) is 39.2 Å². The lowest BCUT2D eigenvalue weighted by atomic mass is 9.89. The van der Waals surface area contributed by atoms with Crippen molar-refractivity contribution in [3.05, 3.63) is 4.73 Å². The molecule has 1 amide bonds. The Balaban J connectivity index is 1.21. The van der Waals surface area contributed by atoms with Crippen molar-refractivity contribution in [3.8, 4) is 6.01 Å². The summed E-state index contributed by atoms with van der Waals surface area (Å²) in [4.78, 5) is 34.2. The minimum atomic E-state index is -0.824. The van der Waals surface area contributed by atoms with Gasteiger partial charge in [-0.3, -0.25) is 9.80 Å². The summed E-state index contributed by atoms with van der Waals surface area (Å²) in [5, 5.41) is 0. The Hall–Kier alpha value is -2.25. The van der Waals surface area contributed by atoms with Crippen molar-refractivity contribution < 1.29 is 23.4 Å². The molecule has 0 aromatic carbocycles. The molecule has 2 aromatic heterocycles. The number of piperazine rings is 1. The highest BCUT2D eigenvalue weighted by molar-refractivity contribution is 9.10. The van der Waals surface area contributed by atoms with E-state index in [1.54, 1.807) is 7.11 Å².